The Morgan fingerprint density at radius 1 is 1.20 bits per heavy atom. The van der Waals surface area contributed by atoms with Crippen molar-refractivity contribution in [1.82, 2.24) is 5.32 Å². The molecule has 3 rings (SSSR count). The quantitative estimate of drug-likeness (QED) is 0.778. The average Bonchev–Trinajstić information content (AvgIpc) is 3.16. The molecule has 0 bridgehead atoms. The van der Waals surface area contributed by atoms with Gasteiger partial charge < -0.3 is 15.0 Å². The lowest BCUT2D eigenvalue weighted by molar-refractivity contribution is -0.918. The van der Waals surface area contributed by atoms with Gasteiger partial charge in [-0.15, -0.1) is 0 Å². The third-order valence-corrected chi connectivity index (χ3v) is 5.30. The largest absolute Gasteiger partial charge is 0.497 e. The number of carbonyl (C=O) groups is 1. The summed E-state index contributed by atoms with van der Waals surface area (Å²) in [6.07, 6.45) is 2.50. The summed E-state index contributed by atoms with van der Waals surface area (Å²) >= 11 is 3.42. The van der Waals surface area contributed by atoms with Crippen LogP contribution in [0, 0.1) is 0 Å². The maximum atomic E-state index is 12.5. The van der Waals surface area contributed by atoms with E-state index < -0.39 is 0 Å². The maximum absolute atomic E-state index is 12.5. The minimum absolute atomic E-state index is 0.0293. The van der Waals surface area contributed by atoms with Gasteiger partial charge in [-0.05, 0) is 42.5 Å². The normalized spacial score (nSPS) is 15.8. The number of halogens is 1. The Balaban J connectivity index is 1.72. The van der Waals surface area contributed by atoms with Crippen molar-refractivity contribution in [2.75, 3.05) is 26.7 Å². The number of quaternary nitrogens is 1. The van der Waals surface area contributed by atoms with Gasteiger partial charge in [-0.25, -0.2) is 0 Å². The second-order valence-corrected chi connectivity index (χ2v) is 7.33. The van der Waals surface area contributed by atoms with Crippen LogP contribution in [0.25, 0.3) is 0 Å². The molecule has 0 saturated carbocycles. The number of hydrogen-bond acceptors (Lipinski definition) is 2. The number of amides is 1. The molecule has 0 unspecified atom stereocenters. The monoisotopic (exact) mass is 403 g/mol. The van der Waals surface area contributed by atoms with Gasteiger partial charge in [0.2, 0.25) is 0 Å². The Hall–Kier alpha value is -1.85. The summed E-state index contributed by atoms with van der Waals surface area (Å²) in [6, 6.07) is 16.0. The van der Waals surface area contributed by atoms with E-state index in [1.807, 2.05) is 36.4 Å². The fraction of sp³-hybridized carbons (Fsp3) is 0.350. The molecule has 0 aliphatic carbocycles. The predicted octanol–water partition coefficient (Wildman–Crippen LogP) is 2.61. The number of rotatable bonds is 6. The van der Waals surface area contributed by atoms with Gasteiger partial charge in [0.1, 0.15) is 11.8 Å². The molecule has 0 aromatic heterocycles. The van der Waals surface area contributed by atoms with Crippen LogP contribution in [0.5, 0.6) is 5.75 Å². The van der Waals surface area contributed by atoms with Crippen LogP contribution in [0.15, 0.2) is 53.0 Å². The van der Waals surface area contributed by atoms with Gasteiger partial charge in [-0.2, -0.15) is 0 Å². The summed E-state index contributed by atoms with van der Waals surface area (Å²) in [6.45, 7) is 2.94. The molecule has 1 amide bonds. The fourth-order valence-electron chi connectivity index (χ4n) is 3.44. The predicted molar refractivity (Wildman–Crippen MR) is 102 cm³/mol. The highest BCUT2D eigenvalue weighted by molar-refractivity contribution is 9.10. The van der Waals surface area contributed by atoms with Crippen LogP contribution in [0.3, 0.4) is 0 Å². The molecule has 1 aliphatic rings. The molecule has 1 heterocycles. The van der Waals surface area contributed by atoms with Crippen LogP contribution in [-0.2, 0) is 0 Å². The summed E-state index contributed by atoms with van der Waals surface area (Å²) in [4.78, 5) is 14.0. The Labute approximate surface area is 157 Å². The van der Waals surface area contributed by atoms with Gasteiger partial charge in [-0.3, -0.25) is 4.79 Å². The first kappa shape index (κ1) is 18.0. The number of nitrogens with one attached hydrogen (secondary N) is 2. The number of ether oxygens (including phenoxy) is 1. The van der Waals surface area contributed by atoms with Crippen LogP contribution < -0.4 is 15.0 Å². The third kappa shape index (κ3) is 4.61. The van der Waals surface area contributed by atoms with Crippen LogP contribution >= 0.6 is 15.9 Å². The zero-order valence-electron chi connectivity index (χ0n) is 14.4. The summed E-state index contributed by atoms with van der Waals surface area (Å²) in [5.74, 6) is 0.829. The molecule has 132 valence electrons. The first-order valence-corrected chi connectivity index (χ1v) is 9.49. The molecule has 0 spiro atoms. The lowest BCUT2D eigenvalue weighted by Gasteiger charge is -2.25. The van der Waals surface area contributed by atoms with Crippen molar-refractivity contribution in [1.29, 1.82) is 0 Å². The van der Waals surface area contributed by atoms with E-state index in [0.717, 1.165) is 23.3 Å². The van der Waals surface area contributed by atoms with Crippen LogP contribution in [-0.4, -0.2) is 32.7 Å². The second-order valence-electron chi connectivity index (χ2n) is 6.41. The highest BCUT2D eigenvalue weighted by atomic mass is 79.9. The second kappa shape index (κ2) is 8.50. The summed E-state index contributed by atoms with van der Waals surface area (Å²) in [5, 5.41) is 3.12. The standard InChI is InChI=1S/C20H23BrN2O2/c1-25-18-9-7-15(8-10-18)19(23-11-2-3-12-23)14-22-20(24)16-5-4-6-17(21)13-16/h4-10,13,19H,2-3,11-12,14H2,1H3,(H,22,24)/p+1/t19-/m0/s1. The minimum atomic E-state index is -0.0293. The summed E-state index contributed by atoms with van der Waals surface area (Å²) in [7, 11) is 1.68. The Morgan fingerprint density at radius 2 is 1.92 bits per heavy atom. The highest BCUT2D eigenvalue weighted by Gasteiger charge is 2.27. The Bertz CT molecular complexity index is 712. The van der Waals surface area contributed by atoms with Crippen LogP contribution in [0.2, 0.25) is 0 Å². The Morgan fingerprint density at radius 3 is 2.56 bits per heavy atom. The molecule has 1 aliphatic heterocycles. The van der Waals surface area contributed by atoms with Crippen molar-refractivity contribution in [3.8, 4) is 5.75 Å². The number of carbonyl (C=O) groups excluding carboxylic acids is 1. The van der Waals surface area contributed by atoms with Crippen molar-refractivity contribution in [3.05, 3.63) is 64.1 Å². The van der Waals surface area contributed by atoms with Crippen LogP contribution in [0.1, 0.15) is 34.8 Å². The molecule has 2 N–H and O–H groups in total. The molecule has 2 aromatic rings. The first-order chi connectivity index (χ1) is 12.2. The van der Waals surface area contributed by atoms with Crippen LogP contribution in [0.4, 0.5) is 0 Å². The zero-order valence-corrected chi connectivity index (χ0v) is 16.0. The minimum Gasteiger partial charge on any atom is -0.497 e. The van der Waals surface area contributed by atoms with E-state index in [1.165, 1.54) is 18.4 Å². The van der Waals surface area contributed by atoms with Crippen molar-refractivity contribution in [2.45, 2.75) is 18.9 Å². The van der Waals surface area contributed by atoms with E-state index in [2.05, 4.69) is 33.4 Å². The van der Waals surface area contributed by atoms with Gasteiger partial charge in [-0.1, -0.05) is 22.0 Å². The van der Waals surface area contributed by atoms with Crippen molar-refractivity contribution < 1.29 is 14.4 Å². The molecule has 0 radical (unpaired) electrons. The number of likely N-dealkylation sites (tertiary alicyclic amines) is 1. The molecule has 2 aromatic carbocycles. The van der Waals surface area contributed by atoms with E-state index in [4.69, 9.17) is 4.74 Å². The molecule has 5 heteroatoms. The molecule has 1 fully saturated rings. The van der Waals surface area contributed by atoms with Gasteiger partial charge in [0.05, 0.1) is 26.7 Å². The van der Waals surface area contributed by atoms with Gasteiger partial charge in [0.25, 0.3) is 5.91 Å². The van der Waals surface area contributed by atoms with Gasteiger partial charge in [0.15, 0.2) is 0 Å². The zero-order chi connectivity index (χ0) is 17.6. The summed E-state index contributed by atoms with van der Waals surface area (Å²) < 4.78 is 6.17. The van der Waals surface area contributed by atoms with Gasteiger partial charge in [0, 0.05) is 28.4 Å². The number of benzene rings is 2. The van der Waals surface area contributed by atoms with E-state index in [0.29, 0.717) is 12.1 Å². The number of hydrogen-bond donors (Lipinski definition) is 2. The summed E-state index contributed by atoms with van der Waals surface area (Å²) in [5.41, 5.74) is 1.92. The average molecular weight is 404 g/mol. The smallest absolute Gasteiger partial charge is 0.251 e. The Kier molecular flexibility index (Phi) is 6.10. The SMILES string of the molecule is COc1ccc([C@H](CNC(=O)c2cccc(Br)c2)[NH+]2CCCC2)cc1. The van der Waals surface area contributed by atoms with E-state index >= 15 is 0 Å². The molecule has 1 saturated heterocycles. The molecule has 25 heavy (non-hydrogen) atoms. The third-order valence-electron chi connectivity index (χ3n) is 4.81. The highest BCUT2D eigenvalue weighted by Crippen LogP contribution is 2.17. The molecular formula is C20H24BrN2O2+. The van der Waals surface area contributed by atoms with E-state index in [-0.39, 0.29) is 11.9 Å². The van der Waals surface area contributed by atoms with E-state index in [9.17, 15) is 4.79 Å². The van der Waals surface area contributed by atoms with Crippen molar-refractivity contribution >= 4 is 21.8 Å². The van der Waals surface area contributed by atoms with Crippen molar-refractivity contribution in [3.63, 3.8) is 0 Å². The van der Waals surface area contributed by atoms with Gasteiger partial charge >= 0.3 is 0 Å². The topological polar surface area (TPSA) is 42.8 Å². The lowest BCUT2D eigenvalue weighted by Crippen LogP contribution is -3.11. The number of methoxy groups -OCH3 is 1. The fourth-order valence-corrected chi connectivity index (χ4v) is 3.84. The maximum Gasteiger partial charge on any atom is 0.251 e. The van der Waals surface area contributed by atoms with Crippen molar-refractivity contribution in [2.24, 2.45) is 0 Å². The molecule has 4 nitrogen and oxygen atoms in total. The molecule has 1 atom stereocenters. The first-order valence-electron chi connectivity index (χ1n) is 8.69. The lowest BCUT2D eigenvalue weighted by atomic mass is 10.0. The van der Waals surface area contributed by atoms with E-state index in [1.54, 1.807) is 12.0 Å². The molecular weight excluding hydrogens is 380 g/mol.